The lowest BCUT2D eigenvalue weighted by Crippen LogP contribution is -2.49. The van der Waals surface area contributed by atoms with Crippen molar-refractivity contribution in [1.82, 2.24) is 14.5 Å². The Kier molecular flexibility index (Phi) is 7.87. The number of hydrogen-bond acceptors (Lipinski definition) is 4. The van der Waals surface area contributed by atoms with Crippen molar-refractivity contribution in [3.8, 4) is 0 Å². The predicted octanol–water partition coefficient (Wildman–Crippen LogP) is 1.44. The fraction of sp³-hybridized carbons (Fsp3) is 0.611. The lowest BCUT2D eigenvalue weighted by atomic mass is 10.2. The second-order valence-corrected chi connectivity index (χ2v) is 8.52. The molecule has 1 aromatic carbocycles. The van der Waals surface area contributed by atoms with Gasteiger partial charge in [-0.2, -0.15) is 4.31 Å². The quantitative estimate of drug-likeness (QED) is 0.717. The molecule has 0 spiro atoms. The molecule has 0 aliphatic carbocycles. The zero-order valence-electron chi connectivity index (χ0n) is 15.0. The van der Waals surface area contributed by atoms with Gasteiger partial charge >= 0.3 is 0 Å². The van der Waals surface area contributed by atoms with Crippen LogP contribution in [0.15, 0.2) is 30.3 Å². The van der Waals surface area contributed by atoms with Gasteiger partial charge in [-0.1, -0.05) is 43.7 Å². The average molecular weight is 368 g/mol. The van der Waals surface area contributed by atoms with Gasteiger partial charge in [-0.3, -0.25) is 9.69 Å². The third kappa shape index (κ3) is 6.76. The lowest BCUT2D eigenvalue weighted by molar-refractivity contribution is -0.121. The second kappa shape index (κ2) is 9.89. The molecule has 1 heterocycles. The van der Waals surface area contributed by atoms with E-state index in [1.807, 2.05) is 25.1 Å². The molecule has 0 saturated carbocycles. The molecule has 0 radical (unpaired) electrons. The SMILES string of the molecule is CCCCC(=O)NCCS(=O)(=O)N1CCN(Cc2ccccc2)CC1. The van der Waals surface area contributed by atoms with Crippen molar-refractivity contribution in [3.05, 3.63) is 35.9 Å². The minimum atomic E-state index is -3.30. The number of nitrogens with zero attached hydrogens (tertiary/aromatic N) is 2. The highest BCUT2D eigenvalue weighted by Crippen LogP contribution is 2.11. The van der Waals surface area contributed by atoms with Crippen molar-refractivity contribution in [1.29, 1.82) is 0 Å². The van der Waals surface area contributed by atoms with Crippen LogP contribution in [-0.4, -0.2) is 62.0 Å². The summed E-state index contributed by atoms with van der Waals surface area (Å²) in [6.45, 7) is 5.55. The maximum absolute atomic E-state index is 12.4. The molecule has 1 N–H and O–H groups in total. The molecule has 25 heavy (non-hydrogen) atoms. The Morgan fingerprint density at radius 2 is 1.80 bits per heavy atom. The zero-order valence-corrected chi connectivity index (χ0v) is 15.8. The summed E-state index contributed by atoms with van der Waals surface area (Å²) in [5.74, 6) is -0.0893. The first kappa shape index (κ1) is 19.9. The van der Waals surface area contributed by atoms with E-state index in [0.29, 0.717) is 19.5 Å². The van der Waals surface area contributed by atoms with Gasteiger partial charge in [-0.15, -0.1) is 0 Å². The maximum atomic E-state index is 12.4. The molecule has 0 unspecified atom stereocenters. The van der Waals surface area contributed by atoms with Crippen molar-refractivity contribution in [2.75, 3.05) is 38.5 Å². The Hall–Kier alpha value is -1.44. The van der Waals surface area contributed by atoms with Crippen LogP contribution in [0.2, 0.25) is 0 Å². The Bertz CT molecular complexity index is 626. The number of unbranched alkanes of at least 4 members (excludes halogenated alkanes) is 1. The molecule has 1 amide bonds. The second-order valence-electron chi connectivity index (χ2n) is 6.43. The molecule has 1 aliphatic rings. The van der Waals surface area contributed by atoms with Gasteiger partial charge in [0.2, 0.25) is 15.9 Å². The molecule has 0 aromatic heterocycles. The number of carbonyl (C=O) groups is 1. The Labute approximate surface area is 151 Å². The largest absolute Gasteiger partial charge is 0.355 e. The molecule has 7 heteroatoms. The Morgan fingerprint density at radius 3 is 2.44 bits per heavy atom. The zero-order chi connectivity index (χ0) is 18.1. The van der Waals surface area contributed by atoms with Crippen molar-refractivity contribution in [3.63, 3.8) is 0 Å². The summed E-state index contributed by atoms with van der Waals surface area (Å²) in [6.07, 6.45) is 2.26. The first-order valence-electron chi connectivity index (χ1n) is 9.02. The van der Waals surface area contributed by atoms with E-state index in [9.17, 15) is 13.2 Å². The van der Waals surface area contributed by atoms with Gasteiger partial charge in [0, 0.05) is 45.7 Å². The van der Waals surface area contributed by atoms with E-state index in [0.717, 1.165) is 32.5 Å². The van der Waals surface area contributed by atoms with Crippen LogP contribution in [0, 0.1) is 0 Å². The topological polar surface area (TPSA) is 69.7 Å². The molecular formula is C18H29N3O3S. The van der Waals surface area contributed by atoms with Gasteiger partial charge in [0.05, 0.1) is 5.75 Å². The van der Waals surface area contributed by atoms with Crippen LogP contribution in [0.3, 0.4) is 0 Å². The molecular weight excluding hydrogens is 338 g/mol. The van der Waals surface area contributed by atoms with Crippen molar-refractivity contribution in [2.45, 2.75) is 32.7 Å². The van der Waals surface area contributed by atoms with E-state index in [1.165, 1.54) is 5.56 Å². The van der Waals surface area contributed by atoms with E-state index in [4.69, 9.17) is 0 Å². The Morgan fingerprint density at radius 1 is 1.12 bits per heavy atom. The monoisotopic (exact) mass is 367 g/mol. The standard InChI is InChI=1S/C18H29N3O3S/c1-2-3-9-18(22)19-10-15-25(23,24)21-13-11-20(12-14-21)16-17-7-5-4-6-8-17/h4-8H,2-3,9-16H2,1H3,(H,19,22). The molecule has 1 aromatic rings. The first-order chi connectivity index (χ1) is 12.0. The van der Waals surface area contributed by atoms with Crippen molar-refractivity contribution in [2.24, 2.45) is 0 Å². The highest BCUT2D eigenvalue weighted by molar-refractivity contribution is 7.89. The minimum Gasteiger partial charge on any atom is -0.355 e. The summed E-state index contributed by atoms with van der Waals surface area (Å²) in [7, 11) is -3.30. The van der Waals surface area contributed by atoms with Crippen LogP contribution in [-0.2, 0) is 21.4 Å². The number of benzene rings is 1. The van der Waals surface area contributed by atoms with Gasteiger partial charge in [-0.25, -0.2) is 8.42 Å². The molecule has 0 bridgehead atoms. The van der Waals surface area contributed by atoms with Gasteiger partial charge in [0.25, 0.3) is 0 Å². The lowest BCUT2D eigenvalue weighted by Gasteiger charge is -2.34. The van der Waals surface area contributed by atoms with Crippen LogP contribution in [0.25, 0.3) is 0 Å². The molecule has 140 valence electrons. The summed E-state index contributed by atoms with van der Waals surface area (Å²) in [5.41, 5.74) is 1.24. The molecule has 1 aliphatic heterocycles. The fourth-order valence-electron chi connectivity index (χ4n) is 2.88. The summed E-state index contributed by atoms with van der Waals surface area (Å²) >= 11 is 0. The van der Waals surface area contributed by atoms with Crippen molar-refractivity contribution < 1.29 is 13.2 Å². The highest BCUT2D eigenvalue weighted by Gasteiger charge is 2.26. The molecule has 6 nitrogen and oxygen atoms in total. The van der Waals surface area contributed by atoms with Crippen LogP contribution in [0.1, 0.15) is 31.7 Å². The predicted molar refractivity (Wildman–Crippen MR) is 99.6 cm³/mol. The normalized spacial score (nSPS) is 16.7. The maximum Gasteiger partial charge on any atom is 0.220 e. The average Bonchev–Trinajstić information content (AvgIpc) is 2.61. The number of nitrogens with one attached hydrogen (secondary N) is 1. The van der Waals surface area contributed by atoms with Gasteiger partial charge < -0.3 is 5.32 Å². The van der Waals surface area contributed by atoms with Crippen molar-refractivity contribution >= 4 is 15.9 Å². The van der Waals surface area contributed by atoms with Gasteiger partial charge in [-0.05, 0) is 12.0 Å². The number of carbonyl (C=O) groups excluding carboxylic acids is 1. The Balaban J connectivity index is 1.72. The summed E-state index contributed by atoms with van der Waals surface area (Å²) in [5, 5.41) is 2.70. The summed E-state index contributed by atoms with van der Waals surface area (Å²) in [4.78, 5) is 13.8. The highest BCUT2D eigenvalue weighted by atomic mass is 32.2. The van der Waals surface area contributed by atoms with Crippen LogP contribution in [0.4, 0.5) is 0 Å². The van der Waals surface area contributed by atoms with Crippen LogP contribution >= 0.6 is 0 Å². The van der Waals surface area contributed by atoms with Crippen LogP contribution < -0.4 is 5.32 Å². The van der Waals surface area contributed by atoms with E-state index in [1.54, 1.807) is 4.31 Å². The van der Waals surface area contributed by atoms with E-state index in [-0.39, 0.29) is 18.2 Å². The fourth-order valence-corrected chi connectivity index (χ4v) is 4.22. The molecule has 1 fully saturated rings. The van der Waals surface area contributed by atoms with E-state index in [2.05, 4.69) is 22.3 Å². The first-order valence-corrected chi connectivity index (χ1v) is 10.6. The van der Waals surface area contributed by atoms with E-state index < -0.39 is 10.0 Å². The number of amides is 1. The number of sulfonamides is 1. The third-order valence-electron chi connectivity index (χ3n) is 4.41. The van der Waals surface area contributed by atoms with E-state index >= 15 is 0 Å². The molecule has 2 rings (SSSR count). The molecule has 0 atom stereocenters. The number of hydrogen-bond donors (Lipinski definition) is 1. The summed E-state index contributed by atoms with van der Waals surface area (Å²) in [6, 6.07) is 10.2. The summed E-state index contributed by atoms with van der Waals surface area (Å²) < 4.78 is 26.4. The smallest absolute Gasteiger partial charge is 0.220 e. The van der Waals surface area contributed by atoms with Crippen LogP contribution in [0.5, 0.6) is 0 Å². The van der Waals surface area contributed by atoms with Gasteiger partial charge in [0.15, 0.2) is 0 Å². The molecule has 1 saturated heterocycles. The third-order valence-corrected chi connectivity index (χ3v) is 6.29. The minimum absolute atomic E-state index is 0.0243. The van der Waals surface area contributed by atoms with Gasteiger partial charge in [0.1, 0.15) is 0 Å². The number of piperazine rings is 1. The number of rotatable bonds is 9.